The average Bonchev–Trinajstić information content (AvgIpc) is 3.93. The van der Waals surface area contributed by atoms with Crippen molar-refractivity contribution in [3.8, 4) is 33.7 Å². The summed E-state index contributed by atoms with van der Waals surface area (Å²) in [6.45, 7) is 0. The molecule has 0 amide bonds. The van der Waals surface area contributed by atoms with E-state index in [0.717, 1.165) is 83.1 Å². The zero-order valence-corrected chi connectivity index (χ0v) is 28.9. The van der Waals surface area contributed by atoms with Crippen molar-refractivity contribution in [2.45, 2.75) is 0 Å². The van der Waals surface area contributed by atoms with Crippen LogP contribution in [0.15, 0.2) is 195 Å². The van der Waals surface area contributed by atoms with E-state index in [9.17, 15) is 0 Å². The molecule has 0 aliphatic carbocycles. The first-order valence-corrected chi connectivity index (χ1v) is 18.0. The Morgan fingerprint density at radius 2 is 0.889 bits per heavy atom. The Morgan fingerprint density at radius 1 is 0.333 bits per heavy atom. The molecule has 0 radical (unpaired) electrons. The van der Waals surface area contributed by atoms with Crippen molar-refractivity contribution in [2.24, 2.45) is 0 Å². The van der Waals surface area contributed by atoms with Gasteiger partial charge in [0.25, 0.3) is 0 Å². The topological polar surface area (TPSA) is 55.6 Å². The number of aromatic nitrogens is 1. The van der Waals surface area contributed by atoms with Crippen LogP contribution in [0.2, 0.25) is 0 Å². The van der Waals surface area contributed by atoms with Crippen molar-refractivity contribution in [1.82, 2.24) is 4.98 Å². The van der Waals surface area contributed by atoms with Gasteiger partial charge in [-0.2, -0.15) is 0 Å². The number of fused-ring (bicyclic) bond motifs is 7. The average molecular weight is 695 g/mol. The molecule has 3 aromatic heterocycles. The van der Waals surface area contributed by atoms with Gasteiger partial charge in [0.1, 0.15) is 27.8 Å². The maximum atomic E-state index is 6.44. The van der Waals surface area contributed by atoms with E-state index in [0.29, 0.717) is 11.5 Å². The standard InChI is InChI=1S/C49H30N2O3/c1-4-12-31(13-5-1)37-23-20-34(26-40(37)32-14-6-2-7-15-32)51(36-21-24-39-38-18-10-11-19-44(38)52-46(39)28-36)35-22-25-45-41(27-35)42-29-48-43(30-47(42)53-45)50-49(54-48)33-16-8-3-9-17-33/h1-30H. The first-order chi connectivity index (χ1) is 26.7. The van der Waals surface area contributed by atoms with Crippen molar-refractivity contribution < 1.29 is 13.3 Å². The predicted octanol–water partition coefficient (Wildman–Crippen LogP) is 14.1. The maximum absolute atomic E-state index is 6.44. The Hall–Kier alpha value is -7.37. The molecule has 3 heterocycles. The van der Waals surface area contributed by atoms with Gasteiger partial charge in [-0.05, 0) is 89.0 Å². The van der Waals surface area contributed by atoms with E-state index in [1.807, 2.05) is 54.6 Å². The minimum Gasteiger partial charge on any atom is -0.456 e. The lowest BCUT2D eigenvalue weighted by Gasteiger charge is -2.27. The highest BCUT2D eigenvalue weighted by atomic mass is 16.4. The number of rotatable bonds is 6. The second kappa shape index (κ2) is 12.1. The number of para-hydroxylation sites is 1. The summed E-state index contributed by atoms with van der Waals surface area (Å²) in [4.78, 5) is 7.09. The molecule has 0 atom stereocenters. The maximum Gasteiger partial charge on any atom is 0.227 e. The quantitative estimate of drug-likeness (QED) is 0.173. The van der Waals surface area contributed by atoms with E-state index in [1.54, 1.807) is 0 Å². The summed E-state index contributed by atoms with van der Waals surface area (Å²) in [7, 11) is 0. The van der Waals surface area contributed by atoms with Crippen molar-refractivity contribution in [2.75, 3.05) is 4.90 Å². The predicted molar refractivity (Wildman–Crippen MR) is 220 cm³/mol. The first kappa shape index (κ1) is 30.3. The Balaban J connectivity index is 1.12. The molecule has 0 bridgehead atoms. The van der Waals surface area contributed by atoms with Crippen molar-refractivity contribution in [1.29, 1.82) is 0 Å². The van der Waals surface area contributed by atoms with E-state index in [1.165, 1.54) is 11.1 Å². The van der Waals surface area contributed by atoms with E-state index < -0.39 is 0 Å². The van der Waals surface area contributed by atoms with Gasteiger partial charge < -0.3 is 18.2 Å². The van der Waals surface area contributed by atoms with E-state index in [-0.39, 0.29) is 0 Å². The molecule has 0 aliphatic heterocycles. The van der Waals surface area contributed by atoms with Crippen LogP contribution in [-0.2, 0) is 0 Å². The Bertz CT molecular complexity index is 3160. The summed E-state index contributed by atoms with van der Waals surface area (Å²) >= 11 is 0. The van der Waals surface area contributed by atoms with Gasteiger partial charge in [-0.3, -0.25) is 0 Å². The third kappa shape index (κ3) is 4.98. The number of hydrogen-bond donors (Lipinski definition) is 0. The van der Waals surface area contributed by atoms with Gasteiger partial charge in [0.05, 0.1) is 0 Å². The van der Waals surface area contributed by atoms with Crippen molar-refractivity contribution in [3.63, 3.8) is 0 Å². The fourth-order valence-electron chi connectivity index (χ4n) is 7.73. The molecule has 0 N–H and O–H groups in total. The Kier molecular flexibility index (Phi) is 6.79. The van der Waals surface area contributed by atoms with Crippen molar-refractivity contribution in [3.05, 3.63) is 182 Å². The zero-order chi connectivity index (χ0) is 35.6. The van der Waals surface area contributed by atoms with Crippen LogP contribution in [-0.4, -0.2) is 4.98 Å². The summed E-state index contributed by atoms with van der Waals surface area (Å²) in [6.07, 6.45) is 0. The third-order valence-corrected chi connectivity index (χ3v) is 10.3. The molecule has 254 valence electrons. The van der Waals surface area contributed by atoms with Crippen LogP contribution >= 0.6 is 0 Å². The molecule has 8 aromatic carbocycles. The molecule has 0 aliphatic rings. The lowest BCUT2D eigenvalue weighted by molar-refractivity contribution is 0.620. The summed E-state index contributed by atoms with van der Waals surface area (Å²) in [5.41, 5.74) is 13.3. The lowest BCUT2D eigenvalue weighted by atomic mass is 9.93. The number of nitrogens with zero attached hydrogens (tertiary/aromatic N) is 2. The van der Waals surface area contributed by atoms with Gasteiger partial charge in [-0.1, -0.05) is 103 Å². The zero-order valence-electron chi connectivity index (χ0n) is 28.9. The summed E-state index contributed by atoms with van der Waals surface area (Å²) < 4.78 is 19.1. The highest BCUT2D eigenvalue weighted by Gasteiger charge is 2.20. The molecule has 0 saturated heterocycles. The van der Waals surface area contributed by atoms with E-state index >= 15 is 0 Å². The smallest absolute Gasteiger partial charge is 0.227 e. The van der Waals surface area contributed by atoms with Gasteiger partial charge in [0, 0.05) is 56.3 Å². The number of furan rings is 2. The van der Waals surface area contributed by atoms with Gasteiger partial charge >= 0.3 is 0 Å². The monoisotopic (exact) mass is 694 g/mol. The molecule has 5 heteroatoms. The Labute approximate surface area is 309 Å². The fraction of sp³-hybridized carbons (Fsp3) is 0. The second-order valence-corrected chi connectivity index (χ2v) is 13.6. The largest absolute Gasteiger partial charge is 0.456 e. The van der Waals surface area contributed by atoms with Gasteiger partial charge in [0.15, 0.2) is 5.58 Å². The molecule has 5 nitrogen and oxygen atoms in total. The van der Waals surface area contributed by atoms with E-state index in [2.05, 4.69) is 132 Å². The van der Waals surface area contributed by atoms with Crippen LogP contribution in [0.4, 0.5) is 17.1 Å². The van der Waals surface area contributed by atoms with Crippen LogP contribution in [0.3, 0.4) is 0 Å². The summed E-state index contributed by atoms with van der Waals surface area (Å²) in [6, 6.07) is 62.9. The van der Waals surface area contributed by atoms with Gasteiger partial charge in [-0.15, -0.1) is 0 Å². The SMILES string of the molecule is c1ccc(-c2nc3cc4oc5ccc(N(c6ccc(-c7ccccc7)c(-c7ccccc7)c6)c6ccc7c(c6)oc6ccccc67)cc5c4cc3o2)cc1. The number of oxazole rings is 1. The number of hydrogen-bond acceptors (Lipinski definition) is 5. The van der Waals surface area contributed by atoms with Crippen molar-refractivity contribution >= 4 is 72.0 Å². The molecular weight excluding hydrogens is 665 g/mol. The Morgan fingerprint density at radius 3 is 1.67 bits per heavy atom. The van der Waals surface area contributed by atoms with Crippen LogP contribution in [0.5, 0.6) is 0 Å². The lowest BCUT2D eigenvalue weighted by Crippen LogP contribution is -2.10. The van der Waals surface area contributed by atoms with E-state index in [4.69, 9.17) is 18.2 Å². The molecular formula is C49H30N2O3. The number of anilines is 3. The summed E-state index contributed by atoms with van der Waals surface area (Å²) in [5, 5.41) is 4.14. The minimum absolute atomic E-state index is 0.587. The van der Waals surface area contributed by atoms with Crippen LogP contribution in [0.1, 0.15) is 0 Å². The highest BCUT2D eigenvalue weighted by molar-refractivity contribution is 6.11. The molecule has 0 unspecified atom stereocenters. The molecule has 11 rings (SSSR count). The van der Waals surface area contributed by atoms with Crippen LogP contribution in [0, 0.1) is 0 Å². The summed E-state index contributed by atoms with van der Waals surface area (Å²) in [5.74, 6) is 0.587. The molecule has 11 aromatic rings. The molecule has 0 saturated carbocycles. The molecule has 54 heavy (non-hydrogen) atoms. The second-order valence-electron chi connectivity index (χ2n) is 13.6. The highest BCUT2D eigenvalue weighted by Crippen LogP contribution is 2.44. The van der Waals surface area contributed by atoms with Crippen LogP contribution in [0.25, 0.3) is 88.7 Å². The molecule has 0 spiro atoms. The third-order valence-electron chi connectivity index (χ3n) is 10.3. The van der Waals surface area contributed by atoms with Gasteiger partial charge in [-0.25, -0.2) is 4.98 Å². The first-order valence-electron chi connectivity index (χ1n) is 18.0. The van der Waals surface area contributed by atoms with Crippen LogP contribution < -0.4 is 4.90 Å². The minimum atomic E-state index is 0.587. The van der Waals surface area contributed by atoms with Gasteiger partial charge in [0.2, 0.25) is 5.89 Å². The normalized spacial score (nSPS) is 11.7. The number of benzene rings is 8. The fourth-order valence-corrected chi connectivity index (χ4v) is 7.73. The molecule has 0 fully saturated rings.